The number of aryl methyl sites for hydroxylation is 1. The van der Waals surface area contributed by atoms with Crippen LogP contribution in [0.3, 0.4) is 0 Å². The molecule has 1 heterocycles. The summed E-state index contributed by atoms with van der Waals surface area (Å²) in [7, 11) is 3.48. The Balaban J connectivity index is 2.51. The van der Waals surface area contributed by atoms with Gasteiger partial charge < -0.3 is 10.5 Å². The maximum Gasteiger partial charge on any atom is 0.129 e. The smallest absolute Gasteiger partial charge is 0.129 e. The lowest BCUT2D eigenvalue weighted by Crippen LogP contribution is -1.96. The third-order valence-corrected chi connectivity index (χ3v) is 3.33. The molecule has 0 aliphatic carbocycles. The standard InChI is InChI=1S/C12H15N3OS/c1-15-12(13)7-10(14-15)9-5-4-8(17-3)6-11(9)16-2/h4-7H,13H2,1-3H3. The van der Waals surface area contributed by atoms with Crippen molar-refractivity contribution in [3.8, 4) is 17.0 Å². The van der Waals surface area contributed by atoms with Gasteiger partial charge in [-0.1, -0.05) is 0 Å². The Hall–Kier alpha value is -1.62. The van der Waals surface area contributed by atoms with E-state index in [0.29, 0.717) is 5.82 Å². The number of benzene rings is 1. The number of hydrogen-bond donors (Lipinski definition) is 1. The molecule has 90 valence electrons. The highest BCUT2D eigenvalue weighted by atomic mass is 32.2. The van der Waals surface area contributed by atoms with E-state index in [2.05, 4.69) is 5.10 Å². The van der Waals surface area contributed by atoms with Crippen molar-refractivity contribution in [1.82, 2.24) is 9.78 Å². The third-order valence-electron chi connectivity index (χ3n) is 2.60. The monoisotopic (exact) mass is 249 g/mol. The number of nitrogens with zero attached hydrogens (tertiary/aromatic N) is 2. The zero-order valence-electron chi connectivity index (χ0n) is 10.1. The van der Waals surface area contributed by atoms with Gasteiger partial charge in [-0.15, -0.1) is 11.8 Å². The minimum atomic E-state index is 0.635. The van der Waals surface area contributed by atoms with Crippen LogP contribution in [-0.4, -0.2) is 23.1 Å². The first-order valence-electron chi connectivity index (χ1n) is 5.17. The van der Waals surface area contributed by atoms with E-state index in [-0.39, 0.29) is 0 Å². The van der Waals surface area contributed by atoms with Gasteiger partial charge in [-0.3, -0.25) is 4.68 Å². The highest BCUT2D eigenvalue weighted by Gasteiger charge is 2.11. The van der Waals surface area contributed by atoms with Crippen LogP contribution < -0.4 is 10.5 Å². The van der Waals surface area contributed by atoms with Crippen molar-refractivity contribution >= 4 is 17.6 Å². The molecule has 4 nitrogen and oxygen atoms in total. The second-order valence-corrected chi connectivity index (χ2v) is 4.52. The molecule has 0 saturated heterocycles. The summed E-state index contributed by atoms with van der Waals surface area (Å²) in [4.78, 5) is 1.16. The van der Waals surface area contributed by atoms with Crippen molar-refractivity contribution in [3.63, 3.8) is 0 Å². The molecule has 0 fully saturated rings. The summed E-state index contributed by atoms with van der Waals surface area (Å²) < 4.78 is 7.04. The maximum absolute atomic E-state index is 5.78. The third kappa shape index (κ3) is 2.24. The number of hydrogen-bond acceptors (Lipinski definition) is 4. The summed E-state index contributed by atoms with van der Waals surface area (Å²) in [6.07, 6.45) is 2.03. The molecule has 0 aliphatic rings. The molecular formula is C12H15N3OS. The number of thioether (sulfide) groups is 1. The highest BCUT2D eigenvalue weighted by Crippen LogP contribution is 2.33. The lowest BCUT2D eigenvalue weighted by Gasteiger charge is -2.07. The molecule has 0 saturated carbocycles. The van der Waals surface area contributed by atoms with Gasteiger partial charge >= 0.3 is 0 Å². The van der Waals surface area contributed by atoms with E-state index in [1.54, 1.807) is 23.6 Å². The van der Waals surface area contributed by atoms with Crippen molar-refractivity contribution in [2.45, 2.75) is 4.90 Å². The van der Waals surface area contributed by atoms with E-state index in [4.69, 9.17) is 10.5 Å². The van der Waals surface area contributed by atoms with Crippen LogP contribution in [0.2, 0.25) is 0 Å². The SMILES string of the molecule is COc1cc(SC)ccc1-c1cc(N)n(C)n1. The van der Waals surface area contributed by atoms with Crippen molar-refractivity contribution in [1.29, 1.82) is 0 Å². The maximum atomic E-state index is 5.78. The van der Waals surface area contributed by atoms with Crippen molar-refractivity contribution in [2.75, 3.05) is 19.1 Å². The van der Waals surface area contributed by atoms with Crippen LogP contribution in [-0.2, 0) is 7.05 Å². The first kappa shape index (κ1) is 11.9. The summed E-state index contributed by atoms with van der Waals surface area (Å²) in [5.41, 5.74) is 7.57. The lowest BCUT2D eigenvalue weighted by molar-refractivity contribution is 0.415. The summed E-state index contributed by atoms with van der Waals surface area (Å²) in [5, 5.41) is 4.35. The molecule has 0 aliphatic heterocycles. The Morgan fingerprint density at radius 3 is 2.65 bits per heavy atom. The fourth-order valence-corrected chi connectivity index (χ4v) is 2.05. The number of aromatic nitrogens is 2. The predicted molar refractivity (Wildman–Crippen MR) is 71.4 cm³/mol. The molecule has 2 aromatic rings. The number of rotatable bonds is 3. The van der Waals surface area contributed by atoms with Crippen molar-refractivity contribution < 1.29 is 4.74 Å². The van der Waals surface area contributed by atoms with Gasteiger partial charge in [0.05, 0.1) is 12.8 Å². The van der Waals surface area contributed by atoms with Gasteiger partial charge in [0, 0.05) is 23.6 Å². The number of anilines is 1. The molecule has 0 bridgehead atoms. The zero-order chi connectivity index (χ0) is 12.4. The molecule has 2 N–H and O–H groups in total. The second kappa shape index (κ2) is 4.71. The van der Waals surface area contributed by atoms with Crippen LogP contribution in [0, 0.1) is 0 Å². The van der Waals surface area contributed by atoms with Crippen LogP contribution in [0.25, 0.3) is 11.3 Å². The molecule has 5 heteroatoms. The minimum Gasteiger partial charge on any atom is -0.496 e. The zero-order valence-corrected chi connectivity index (χ0v) is 10.9. The summed E-state index contributed by atoms with van der Waals surface area (Å²) in [6, 6.07) is 7.90. The number of ether oxygens (including phenoxy) is 1. The van der Waals surface area contributed by atoms with E-state index in [9.17, 15) is 0 Å². The minimum absolute atomic E-state index is 0.635. The van der Waals surface area contributed by atoms with Gasteiger partial charge in [-0.05, 0) is 24.5 Å². The van der Waals surface area contributed by atoms with Crippen molar-refractivity contribution in [2.24, 2.45) is 7.05 Å². The first-order valence-corrected chi connectivity index (χ1v) is 6.40. The average Bonchev–Trinajstić information content (AvgIpc) is 2.68. The fourth-order valence-electron chi connectivity index (χ4n) is 1.62. The van der Waals surface area contributed by atoms with Gasteiger partial charge in [-0.25, -0.2) is 0 Å². The molecule has 17 heavy (non-hydrogen) atoms. The van der Waals surface area contributed by atoms with E-state index >= 15 is 0 Å². The van der Waals surface area contributed by atoms with Crippen LogP contribution in [0.5, 0.6) is 5.75 Å². The normalized spacial score (nSPS) is 10.5. The van der Waals surface area contributed by atoms with Crippen LogP contribution in [0.1, 0.15) is 0 Å². The molecule has 0 unspecified atom stereocenters. The van der Waals surface area contributed by atoms with E-state index in [1.165, 1.54) is 0 Å². The molecule has 1 aromatic heterocycles. The summed E-state index contributed by atoms with van der Waals surface area (Å²) >= 11 is 1.68. The van der Waals surface area contributed by atoms with E-state index in [1.807, 2.05) is 37.6 Å². The average molecular weight is 249 g/mol. The molecule has 2 rings (SSSR count). The first-order chi connectivity index (χ1) is 8.15. The van der Waals surface area contributed by atoms with Crippen LogP contribution in [0.15, 0.2) is 29.2 Å². The Labute approximate surface area is 105 Å². The Morgan fingerprint density at radius 2 is 2.12 bits per heavy atom. The largest absolute Gasteiger partial charge is 0.496 e. The molecule has 0 spiro atoms. The van der Waals surface area contributed by atoms with Gasteiger partial charge in [0.25, 0.3) is 0 Å². The Morgan fingerprint density at radius 1 is 1.35 bits per heavy atom. The quantitative estimate of drug-likeness (QED) is 0.849. The predicted octanol–water partition coefficient (Wildman–Crippen LogP) is 2.40. The van der Waals surface area contributed by atoms with Gasteiger partial charge in [0.2, 0.25) is 0 Å². The lowest BCUT2D eigenvalue weighted by atomic mass is 10.1. The number of nitrogen functional groups attached to an aromatic ring is 1. The van der Waals surface area contributed by atoms with Crippen LogP contribution >= 0.6 is 11.8 Å². The topological polar surface area (TPSA) is 53.1 Å². The highest BCUT2D eigenvalue weighted by molar-refractivity contribution is 7.98. The number of methoxy groups -OCH3 is 1. The van der Waals surface area contributed by atoms with Gasteiger partial charge in [-0.2, -0.15) is 5.10 Å². The molecule has 0 atom stereocenters. The van der Waals surface area contributed by atoms with Gasteiger partial charge in [0.15, 0.2) is 0 Å². The number of nitrogens with two attached hydrogens (primary N) is 1. The van der Waals surface area contributed by atoms with Crippen LogP contribution in [0.4, 0.5) is 5.82 Å². The summed E-state index contributed by atoms with van der Waals surface area (Å²) in [5.74, 6) is 1.45. The molecule has 1 aromatic carbocycles. The fraction of sp³-hybridized carbons (Fsp3) is 0.250. The Kier molecular flexibility index (Phi) is 3.28. The molecule has 0 amide bonds. The summed E-state index contributed by atoms with van der Waals surface area (Å²) in [6.45, 7) is 0. The second-order valence-electron chi connectivity index (χ2n) is 3.64. The van der Waals surface area contributed by atoms with E-state index in [0.717, 1.165) is 21.9 Å². The van der Waals surface area contributed by atoms with Gasteiger partial charge in [0.1, 0.15) is 11.6 Å². The molecule has 0 radical (unpaired) electrons. The van der Waals surface area contributed by atoms with E-state index < -0.39 is 0 Å². The van der Waals surface area contributed by atoms with Crippen molar-refractivity contribution in [3.05, 3.63) is 24.3 Å². The Bertz CT molecular complexity index is 517. The molecular weight excluding hydrogens is 234 g/mol.